The number of rotatable bonds is 7. The second kappa shape index (κ2) is 9.46. The first-order valence-electron chi connectivity index (χ1n) is 11.6. The van der Waals surface area contributed by atoms with E-state index in [-0.39, 0.29) is 23.8 Å². The summed E-state index contributed by atoms with van der Waals surface area (Å²) in [5, 5.41) is 3.97. The van der Waals surface area contributed by atoms with Crippen molar-refractivity contribution in [2.75, 3.05) is 47.3 Å². The van der Waals surface area contributed by atoms with Crippen molar-refractivity contribution in [2.24, 2.45) is 5.92 Å². The number of benzene rings is 1. The largest absolute Gasteiger partial charge is 0.361 e. The molecule has 3 amide bonds. The Kier molecular flexibility index (Phi) is 6.67. The van der Waals surface area contributed by atoms with Crippen LogP contribution < -0.4 is 5.32 Å². The molecule has 2 N–H and O–H groups in total. The molecular weight excluding hydrogens is 402 g/mol. The minimum absolute atomic E-state index is 0.0670. The van der Waals surface area contributed by atoms with Crippen LogP contribution in [-0.4, -0.2) is 85.0 Å². The van der Waals surface area contributed by atoms with Gasteiger partial charge in [0, 0.05) is 55.7 Å². The zero-order chi connectivity index (χ0) is 22.8. The molecular formula is C25H35N5O2. The summed E-state index contributed by atoms with van der Waals surface area (Å²) >= 11 is 0. The highest BCUT2D eigenvalue weighted by Crippen LogP contribution is 2.45. The third-order valence-electron chi connectivity index (χ3n) is 7.00. The minimum Gasteiger partial charge on any atom is -0.361 e. The monoisotopic (exact) mass is 437 g/mol. The highest BCUT2D eigenvalue weighted by molar-refractivity contribution is 5.96. The lowest BCUT2D eigenvalue weighted by atomic mass is 9.72. The summed E-state index contributed by atoms with van der Waals surface area (Å²) in [6, 6.07) is 6.45. The number of carbonyl (C=O) groups is 2. The van der Waals surface area contributed by atoms with Gasteiger partial charge in [-0.25, -0.2) is 4.79 Å². The summed E-state index contributed by atoms with van der Waals surface area (Å²) in [7, 11) is 5.59. The molecule has 1 aliphatic carbocycles. The molecule has 0 radical (unpaired) electrons. The van der Waals surface area contributed by atoms with E-state index in [0.29, 0.717) is 19.1 Å². The third-order valence-corrected chi connectivity index (χ3v) is 7.00. The van der Waals surface area contributed by atoms with Crippen LogP contribution in [0.3, 0.4) is 0 Å². The molecule has 0 saturated carbocycles. The molecule has 2 aromatic rings. The molecule has 1 aromatic heterocycles. The third kappa shape index (κ3) is 4.19. The highest BCUT2D eigenvalue weighted by atomic mass is 16.2. The first-order chi connectivity index (χ1) is 15.4. The Bertz CT molecular complexity index is 997. The van der Waals surface area contributed by atoms with Gasteiger partial charge in [0.1, 0.15) is 0 Å². The average Bonchev–Trinajstić information content (AvgIpc) is 3.20. The predicted molar refractivity (Wildman–Crippen MR) is 128 cm³/mol. The lowest BCUT2D eigenvalue weighted by Gasteiger charge is -2.47. The van der Waals surface area contributed by atoms with E-state index in [9.17, 15) is 9.59 Å². The number of amides is 3. The van der Waals surface area contributed by atoms with Gasteiger partial charge in [0.05, 0.1) is 5.92 Å². The summed E-state index contributed by atoms with van der Waals surface area (Å²) in [5.74, 6) is -0.0239. The lowest BCUT2D eigenvalue weighted by Crippen LogP contribution is -2.55. The number of urea groups is 1. The number of nitrogens with one attached hydrogen (secondary N) is 2. The molecule has 0 bridgehead atoms. The number of nitrogens with zero attached hydrogens (tertiary/aromatic N) is 3. The molecule has 0 unspecified atom stereocenters. The summed E-state index contributed by atoms with van der Waals surface area (Å²) in [6.45, 7) is 6.61. The standard InChI is InChI=1S/C25H35N5O2/c1-5-10-29-16-18(24(31)30(25(32)26-2)12-7-11-28(3)4)13-20-19-8-6-9-21-23(19)17(15-27-21)14-22(20)29/h5-6,8-9,15,18,20,22,27H,1,7,10-14,16H2,2-4H3,(H,26,32)/t18-,20-,22-/m1/s1. The summed E-state index contributed by atoms with van der Waals surface area (Å²) in [6.07, 6.45) is 6.55. The Hall–Kier alpha value is -2.64. The molecule has 2 heterocycles. The second-order valence-electron chi connectivity index (χ2n) is 9.34. The van der Waals surface area contributed by atoms with Gasteiger partial charge < -0.3 is 15.2 Å². The second-order valence-corrected chi connectivity index (χ2v) is 9.34. The van der Waals surface area contributed by atoms with Gasteiger partial charge in [-0.05, 0) is 57.1 Å². The molecule has 0 spiro atoms. The van der Waals surface area contributed by atoms with Gasteiger partial charge in [0.2, 0.25) is 5.91 Å². The predicted octanol–water partition coefficient (Wildman–Crippen LogP) is 2.80. The summed E-state index contributed by atoms with van der Waals surface area (Å²) in [4.78, 5) is 35.5. The zero-order valence-electron chi connectivity index (χ0n) is 19.4. The van der Waals surface area contributed by atoms with Crippen molar-refractivity contribution in [1.82, 2.24) is 25.0 Å². The van der Waals surface area contributed by atoms with Gasteiger partial charge >= 0.3 is 6.03 Å². The maximum absolute atomic E-state index is 13.6. The molecule has 2 aliphatic rings. The fourth-order valence-corrected chi connectivity index (χ4v) is 5.56. The van der Waals surface area contributed by atoms with Gasteiger partial charge in [0.25, 0.3) is 0 Å². The molecule has 7 nitrogen and oxygen atoms in total. The Labute approximate surface area is 190 Å². The van der Waals surface area contributed by atoms with E-state index >= 15 is 0 Å². The van der Waals surface area contributed by atoms with Crippen LogP contribution >= 0.6 is 0 Å². The van der Waals surface area contributed by atoms with Crippen molar-refractivity contribution in [1.29, 1.82) is 0 Å². The molecule has 3 atom stereocenters. The van der Waals surface area contributed by atoms with Crippen LogP contribution in [0.5, 0.6) is 0 Å². The Balaban J connectivity index is 1.62. The summed E-state index contributed by atoms with van der Waals surface area (Å²) in [5.41, 5.74) is 3.84. The number of carbonyl (C=O) groups excluding carboxylic acids is 2. The van der Waals surface area contributed by atoms with Crippen molar-refractivity contribution in [3.8, 4) is 0 Å². The van der Waals surface area contributed by atoms with Crippen LogP contribution in [0.15, 0.2) is 37.1 Å². The van der Waals surface area contributed by atoms with Crippen molar-refractivity contribution in [3.05, 3.63) is 48.2 Å². The van der Waals surface area contributed by atoms with Gasteiger partial charge in [0.15, 0.2) is 0 Å². The lowest BCUT2D eigenvalue weighted by molar-refractivity contribution is -0.135. The fraction of sp³-hybridized carbons (Fsp3) is 0.520. The van der Waals surface area contributed by atoms with Gasteiger partial charge in [-0.3, -0.25) is 14.6 Å². The molecule has 7 heteroatoms. The van der Waals surface area contributed by atoms with E-state index < -0.39 is 0 Å². The van der Waals surface area contributed by atoms with E-state index in [2.05, 4.69) is 51.1 Å². The number of aromatic nitrogens is 1. The van der Waals surface area contributed by atoms with E-state index in [1.807, 2.05) is 20.2 Å². The van der Waals surface area contributed by atoms with E-state index in [1.54, 1.807) is 7.05 Å². The SMILES string of the molecule is C=CCN1C[C@H](C(=O)N(CCCN(C)C)C(=O)NC)C[C@@H]2c3cccc4[nH]cc(c34)C[C@H]21. The van der Waals surface area contributed by atoms with Gasteiger partial charge in [-0.2, -0.15) is 0 Å². The number of hydrogen-bond acceptors (Lipinski definition) is 4. The van der Waals surface area contributed by atoms with Crippen LogP contribution in [-0.2, 0) is 11.2 Å². The smallest absolute Gasteiger partial charge is 0.323 e. The quantitative estimate of drug-likeness (QED) is 0.654. The zero-order valence-corrected chi connectivity index (χ0v) is 19.4. The van der Waals surface area contributed by atoms with E-state index in [4.69, 9.17) is 0 Å². The van der Waals surface area contributed by atoms with Crippen LogP contribution in [0, 0.1) is 5.92 Å². The molecule has 4 rings (SSSR count). The van der Waals surface area contributed by atoms with Crippen LogP contribution in [0.25, 0.3) is 10.9 Å². The van der Waals surface area contributed by atoms with Crippen molar-refractivity contribution >= 4 is 22.8 Å². The Morgan fingerprint density at radius 3 is 2.84 bits per heavy atom. The molecule has 1 saturated heterocycles. The first-order valence-corrected chi connectivity index (χ1v) is 11.6. The Morgan fingerprint density at radius 2 is 2.12 bits per heavy atom. The number of imide groups is 1. The topological polar surface area (TPSA) is 71.7 Å². The van der Waals surface area contributed by atoms with Crippen LogP contribution in [0.4, 0.5) is 4.79 Å². The number of fused-ring (bicyclic) bond motifs is 2. The molecule has 1 fully saturated rings. The minimum atomic E-state index is -0.315. The highest BCUT2D eigenvalue weighted by Gasteiger charge is 2.43. The van der Waals surface area contributed by atoms with Crippen molar-refractivity contribution < 1.29 is 9.59 Å². The number of hydrogen-bond donors (Lipinski definition) is 2. The number of aromatic amines is 1. The van der Waals surface area contributed by atoms with E-state index in [1.165, 1.54) is 21.4 Å². The molecule has 1 aliphatic heterocycles. The molecule has 32 heavy (non-hydrogen) atoms. The van der Waals surface area contributed by atoms with Crippen molar-refractivity contribution in [2.45, 2.75) is 31.2 Å². The number of H-pyrrole nitrogens is 1. The van der Waals surface area contributed by atoms with E-state index in [0.717, 1.165) is 37.9 Å². The van der Waals surface area contributed by atoms with Crippen LogP contribution in [0.2, 0.25) is 0 Å². The first kappa shape index (κ1) is 22.6. The molecule has 1 aromatic carbocycles. The Morgan fingerprint density at radius 1 is 1.31 bits per heavy atom. The van der Waals surface area contributed by atoms with Crippen LogP contribution in [0.1, 0.15) is 29.9 Å². The van der Waals surface area contributed by atoms with Gasteiger partial charge in [-0.15, -0.1) is 6.58 Å². The van der Waals surface area contributed by atoms with Gasteiger partial charge in [-0.1, -0.05) is 18.2 Å². The maximum atomic E-state index is 13.6. The number of likely N-dealkylation sites (tertiary alicyclic amines) is 1. The normalized spacial score (nSPS) is 22.6. The van der Waals surface area contributed by atoms with Crippen molar-refractivity contribution in [3.63, 3.8) is 0 Å². The number of piperidine rings is 1. The molecule has 172 valence electrons. The maximum Gasteiger partial charge on any atom is 0.323 e. The summed E-state index contributed by atoms with van der Waals surface area (Å²) < 4.78 is 0. The fourth-order valence-electron chi connectivity index (χ4n) is 5.56. The average molecular weight is 438 g/mol.